The number of hydrogen-bond acceptors (Lipinski definition) is 1. The number of nitrogens with one attached hydrogen (secondary N) is 1. The summed E-state index contributed by atoms with van der Waals surface area (Å²) in [6.45, 7) is 1.92. The lowest BCUT2D eigenvalue weighted by molar-refractivity contribution is 0.544. The van der Waals surface area contributed by atoms with Crippen LogP contribution in [0.1, 0.15) is 22.7 Å². The van der Waals surface area contributed by atoms with E-state index in [0.717, 1.165) is 23.3 Å². The van der Waals surface area contributed by atoms with E-state index in [1.807, 2.05) is 25.1 Å². The molecule has 4 heteroatoms. The first-order valence-corrected chi connectivity index (χ1v) is 6.76. The van der Waals surface area contributed by atoms with E-state index in [4.69, 9.17) is 11.6 Å². The van der Waals surface area contributed by atoms with Crippen molar-refractivity contribution in [2.75, 3.05) is 7.05 Å². The van der Waals surface area contributed by atoms with Crippen LogP contribution >= 0.6 is 11.6 Å². The van der Waals surface area contributed by atoms with Crippen molar-refractivity contribution >= 4 is 11.6 Å². The monoisotopic (exact) mass is 295 g/mol. The van der Waals surface area contributed by atoms with Crippen molar-refractivity contribution in [2.24, 2.45) is 0 Å². The molecule has 1 N–H and O–H groups in total. The highest BCUT2D eigenvalue weighted by Crippen LogP contribution is 2.24. The van der Waals surface area contributed by atoms with Gasteiger partial charge in [0.25, 0.3) is 0 Å². The number of halogens is 3. The van der Waals surface area contributed by atoms with E-state index < -0.39 is 11.6 Å². The van der Waals surface area contributed by atoms with Gasteiger partial charge in [-0.05, 0) is 61.3 Å². The molecule has 1 nitrogen and oxygen atoms in total. The second-order valence-electron chi connectivity index (χ2n) is 4.79. The van der Waals surface area contributed by atoms with Gasteiger partial charge in [-0.1, -0.05) is 23.7 Å². The Morgan fingerprint density at radius 1 is 1.15 bits per heavy atom. The molecule has 0 fully saturated rings. The maximum atomic E-state index is 13.7. The summed E-state index contributed by atoms with van der Waals surface area (Å²) in [5.74, 6) is -0.819. The summed E-state index contributed by atoms with van der Waals surface area (Å²) in [5.41, 5.74) is 2.32. The molecule has 0 aliphatic heterocycles. The molecule has 0 aromatic heterocycles. The van der Waals surface area contributed by atoms with Crippen molar-refractivity contribution in [1.29, 1.82) is 0 Å². The largest absolute Gasteiger partial charge is 0.313 e. The fraction of sp³-hybridized carbons (Fsp3) is 0.250. The third-order valence-electron chi connectivity index (χ3n) is 3.36. The van der Waals surface area contributed by atoms with Gasteiger partial charge in [0.2, 0.25) is 0 Å². The first kappa shape index (κ1) is 14.9. The van der Waals surface area contributed by atoms with Crippen LogP contribution in [0, 0.1) is 18.6 Å². The molecule has 1 unspecified atom stereocenters. The highest BCUT2D eigenvalue weighted by Gasteiger charge is 2.14. The zero-order valence-electron chi connectivity index (χ0n) is 11.4. The topological polar surface area (TPSA) is 12.0 Å². The Balaban J connectivity index is 2.28. The van der Waals surface area contributed by atoms with Crippen LogP contribution in [0.3, 0.4) is 0 Å². The Bertz CT molecular complexity index is 613. The molecule has 0 aliphatic rings. The molecule has 106 valence electrons. The molecule has 0 saturated heterocycles. The van der Waals surface area contributed by atoms with Crippen molar-refractivity contribution in [3.8, 4) is 0 Å². The average Bonchev–Trinajstić information content (AvgIpc) is 2.43. The molecule has 0 heterocycles. The lowest BCUT2D eigenvalue weighted by Crippen LogP contribution is -2.19. The van der Waals surface area contributed by atoms with Gasteiger partial charge in [0, 0.05) is 11.1 Å². The number of likely N-dealkylation sites (N-methyl/N-ethyl adjacent to an activating group) is 1. The molecular formula is C16H16ClF2N. The maximum absolute atomic E-state index is 13.7. The summed E-state index contributed by atoms with van der Waals surface area (Å²) in [6.07, 6.45) is 0.376. The smallest absolute Gasteiger partial charge is 0.126 e. The van der Waals surface area contributed by atoms with E-state index >= 15 is 0 Å². The van der Waals surface area contributed by atoms with Crippen LogP contribution in [0.5, 0.6) is 0 Å². The quantitative estimate of drug-likeness (QED) is 0.880. The highest BCUT2D eigenvalue weighted by molar-refractivity contribution is 6.31. The Morgan fingerprint density at radius 3 is 2.55 bits per heavy atom. The van der Waals surface area contributed by atoms with E-state index in [2.05, 4.69) is 5.32 Å². The maximum Gasteiger partial charge on any atom is 0.126 e. The van der Waals surface area contributed by atoms with E-state index in [0.29, 0.717) is 17.0 Å². The van der Waals surface area contributed by atoms with Gasteiger partial charge >= 0.3 is 0 Å². The fourth-order valence-corrected chi connectivity index (χ4v) is 2.31. The van der Waals surface area contributed by atoms with E-state index in [1.54, 1.807) is 7.05 Å². The minimum atomic E-state index is -0.427. The summed E-state index contributed by atoms with van der Waals surface area (Å²) < 4.78 is 26.9. The zero-order chi connectivity index (χ0) is 14.7. The molecule has 2 rings (SSSR count). The molecule has 0 amide bonds. The highest BCUT2D eigenvalue weighted by atomic mass is 35.5. The van der Waals surface area contributed by atoms with Crippen LogP contribution in [0.15, 0.2) is 36.4 Å². The van der Waals surface area contributed by atoms with Gasteiger partial charge in [-0.3, -0.25) is 0 Å². The molecule has 0 aliphatic carbocycles. The van der Waals surface area contributed by atoms with Crippen LogP contribution in [0.25, 0.3) is 0 Å². The number of rotatable bonds is 4. The van der Waals surface area contributed by atoms with Gasteiger partial charge in [-0.2, -0.15) is 0 Å². The van der Waals surface area contributed by atoms with Crippen LogP contribution in [0.4, 0.5) is 8.78 Å². The Kier molecular flexibility index (Phi) is 4.73. The summed E-state index contributed by atoms with van der Waals surface area (Å²) in [5, 5.41) is 3.82. The standard InChI is InChI=1S/C16H16ClF2N/c1-10-7-11(3-5-14(10)17)16(20-2)9-12-8-13(18)4-6-15(12)19/h3-8,16,20H,9H2,1-2H3. The van der Waals surface area contributed by atoms with Crippen molar-refractivity contribution in [3.63, 3.8) is 0 Å². The SMILES string of the molecule is CNC(Cc1cc(F)ccc1F)c1ccc(Cl)c(C)c1. The third-order valence-corrected chi connectivity index (χ3v) is 3.79. The van der Waals surface area contributed by atoms with Crippen molar-refractivity contribution in [1.82, 2.24) is 5.32 Å². The van der Waals surface area contributed by atoms with Crippen molar-refractivity contribution < 1.29 is 8.78 Å². The average molecular weight is 296 g/mol. The molecule has 2 aromatic carbocycles. The molecular weight excluding hydrogens is 280 g/mol. The van der Waals surface area contributed by atoms with E-state index in [9.17, 15) is 8.78 Å². The van der Waals surface area contributed by atoms with Crippen molar-refractivity contribution in [2.45, 2.75) is 19.4 Å². The fourth-order valence-electron chi connectivity index (χ4n) is 2.19. The van der Waals surface area contributed by atoms with Crippen LogP contribution in [-0.2, 0) is 6.42 Å². The van der Waals surface area contributed by atoms with Gasteiger partial charge in [-0.15, -0.1) is 0 Å². The number of benzene rings is 2. The van der Waals surface area contributed by atoms with Gasteiger partial charge in [0.15, 0.2) is 0 Å². The zero-order valence-corrected chi connectivity index (χ0v) is 12.1. The van der Waals surface area contributed by atoms with Gasteiger partial charge in [-0.25, -0.2) is 8.78 Å². The summed E-state index contributed by atoms with van der Waals surface area (Å²) in [6, 6.07) is 9.10. The minimum Gasteiger partial charge on any atom is -0.313 e. The number of hydrogen-bond donors (Lipinski definition) is 1. The third kappa shape index (κ3) is 3.35. The molecule has 0 radical (unpaired) electrons. The summed E-state index contributed by atoms with van der Waals surface area (Å²) in [7, 11) is 1.80. The van der Waals surface area contributed by atoms with E-state index in [-0.39, 0.29) is 6.04 Å². The van der Waals surface area contributed by atoms with Gasteiger partial charge in [0.1, 0.15) is 11.6 Å². The molecule has 20 heavy (non-hydrogen) atoms. The molecule has 0 spiro atoms. The Morgan fingerprint density at radius 2 is 1.90 bits per heavy atom. The summed E-state index contributed by atoms with van der Waals surface area (Å²) in [4.78, 5) is 0. The second-order valence-corrected chi connectivity index (χ2v) is 5.20. The van der Waals surface area contributed by atoms with Gasteiger partial charge < -0.3 is 5.32 Å². The molecule has 0 saturated carbocycles. The predicted octanol–water partition coefficient (Wildman–Crippen LogP) is 4.43. The van der Waals surface area contributed by atoms with E-state index in [1.165, 1.54) is 6.07 Å². The molecule has 0 bridgehead atoms. The van der Waals surface area contributed by atoms with Crippen molar-refractivity contribution in [3.05, 3.63) is 69.7 Å². The lowest BCUT2D eigenvalue weighted by Gasteiger charge is -2.18. The first-order valence-electron chi connectivity index (χ1n) is 6.38. The molecule has 1 atom stereocenters. The lowest BCUT2D eigenvalue weighted by atomic mass is 9.97. The minimum absolute atomic E-state index is 0.0951. The van der Waals surface area contributed by atoms with Crippen LogP contribution in [0.2, 0.25) is 5.02 Å². The van der Waals surface area contributed by atoms with Crippen LogP contribution < -0.4 is 5.32 Å². The normalized spacial score (nSPS) is 12.4. The first-order chi connectivity index (χ1) is 9.51. The number of aryl methyl sites for hydroxylation is 1. The predicted molar refractivity (Wildman–Crippen MR) is 78.1 cm³/mol. The Hall–Kier alpha value is -1.45. The van der Waals surface area contributed by atoms with Gasteiger partial charge in [0.05, 0.1) is 0 Å². The summed E-state index contributed by atoms with van der Waals surface area (Å²) >= 11 is 6.00. The van der Waals surface area contributed by atoms with Crippen LogP contribution in [-0.4, -0.2) is 7.05 Å². The Labute approximate surface area is 122 Å². The molecule has 2 aromatic rings. The second kappa shape index (κ2) is 6.33.